The Morgan fingerprint density at radius 1 is 1.33 bits per heavy atom. The number of sulfonamides is 1. The van der Waals surface area contributed by atoms with Gasteiger partial charge in [0.1, 0.15) is 6.10 Å². The van der Waals surface area contributed by atoms with Gasteiger partial charge in [0.05, 0.1) is 18.4 Å². The second-order valence-electron chi connectivity index (χ2n) is 6.89. The highest BCUT2D eigenvalue weighted by atomic mass is 127. The van der Waals surface area contributed by atoms with E-state index in [2.05, 4.69) is 20.3 Å². The summed E-state index contributed by atoms with van der Waals surface area (Å²) < 4.78 is 51.5. The van der Waals surface area contributed by atoms with Crippen molar-refractivity contribution in [3.63, 3.8) is 0 Å². The van der Waals surface area contributed by atoms with E-state index in [1.54, 1.807) is 32.2 Å². The second kappa shape index (κ2) is 14.0. The van der Waals surface area contributed by atoms with Crippen molar-refractivity contribution in [2.24, 2.45) is 4.99 Å². The Hall–Kier alpha value is -1.18. The van der Waals surface area contributed by atoms with Crippen LogP contribution in [0.15, 0.2) is 29.3 Å². The van der Waals surface area contributed by atoms with Crippen LogP contribution < -0.4 is 20.1 Å². The zero-order valence-electron chi connectivity index (χ0n) is 17.4. The van der Waals surface area contributed by atoms with Gasteiger partial charge in [-0.3, -0.25) is 4.99 Å². The molecule has 1 heterocycles. The van der Waals surface area contributed by atoms with Gasteiger partial charge in [-0.25, -0.2) is 17.5 Å². The third-order valence-corrected chi connectivity index (χ3v) is 5.76. The van der Waals surface area contributed by atoms with Gasteiger partial charge >= 0.3 is 0 Å². The Kier molecular flexibility index (Phi) is 12.5. The van der Waals surface area contributed by atoms with E-state index < -0.39 is 15.8 Å². The summed E-state index contributed by atoms with van der Waals surface area (Å²) in [6, 6.07) is 6.20. The van der Waals surface area contributed by atoms with Crippen LogP contribution in [-0.4, -0.2) is 65.6 Å². The molecule has 3 N–H and O–H groups in total. The first kappa shape index (κ1) is 26.9. The van der Waals surface area contributed by atoms with Crippen LogP contribution in [0, 0.1) is 5.82 Å². The summed E-state index contributed by atoms with van der Waals surface area (Å²) in [5.74, 6) is 0.128. The molecule has 0 amide bonds. The molecule has 0 aromatic heterocycles. The molecule has 11 heteroatoms. The molecule has 1 fully saturated rings. The first-order valence-electron chi connectivity index (χ1n) is 9.84. The average molecular weight is 558 g/mol. The van der Waals surface area contributed by atoms with Crippen LogP contribution in [0.4, 0.5) is 4.39 Å². The molecule has 1 aliphatic heterocycles. The Bertz CT molecular complexity index is 761. The molecule has 2 rings (SSSR count). The van der Waals surface area contributed by atoms with E-state index in [-0.39, 0.29) is 54.2 Å². The molecule has 30 heavy (non-hydrogen) atoms. The lowest BCUT2D eigenvalue weighted by molar-refractivity contribution is 0.0200. The Balaban J connectivity index is 0.00000450. The molecule has 2 unspecified atom stereocenters. The van der Waals surface area contributed by atoms with Gasteiger partial charge in [-0.05, 0) is 38.3 Å². The van der Waals surface area contributed by atoms with Crippen molar-refractivity contribution in [1.29, 1.82) is 0 Å². The molecule has 0 spiro atoms. The topological polar surface area (TPSA) is 101 Å². The van der Waals surface area contributed by atoms with Crippen molar-refractivity contribution >= 4 is 40.0 Å². The van der Waals surface area contributed by atoms with Crippen molar-refractivity contribution < 1.29 is 22.3 Å². The number of ether oxygens (including phenoxy) is 2. The van der Waals surface area contributed by atoms with Crippen LogP contribution >= 0.6 is 24.0 Å². The lowest BCUT2D eigenvalue weighted by atomic mass is 10.1. The number of nitrogens with zero attached hydrogens (tertiary/aromatic N) is 1. The summed E-state index contributed by atoms with van der Waals surface area (Å²) in [5, 5.41) is 5.99. The number of benzene rings is 1. The van der Waals surface area contributed by atoms with Gasteiger partial charge < -0.3 is 20.1 Å². The van der Waals surface area contributed by atoms with Crippen LogP contribution in [0.3, 0.4) is 0 Å². The lowest BCUT2D eigenvalue weighted by Gasteiger charge is -2.22. The summed E-state index contributed by atoms with van der Waals surface area (Å²) in [4.78, 5) is 4.05. The highest BCUT2D eigenvalue weighted by molar-refractivity contribution is 14.0. The molecular weight excluding hydrogens is 526 g/mol. The zero-order chi connectivity index (χ0) is 21.1. The van der Waals surface area contributed by atoms with Gasteiger partial charge in [-0.15, -0.1) is 24.0 Å². The number of hydrogen-bond donors (Lipinski definition) is 3. The van der Waals surface area contributed by atoms with Crippen molar-refractivity contribution in [3.05, 3.63) is 30.1 Å². The monoisotopic (exact) mass is 558 g/mol. The molecule has 172 valence electrons. The highest BCUT2D eigenvalue weighted by Crippen LogP contribution is 2.16. The maximum absolute atomic E-state index is 13.6. The Morgan fingerprint density at radius 2 is 2.10 bits per heavy atom. The third kappa shape index (κ3) is 10.2. The van der Waals surface area contributed by atoms with Crippen molar-refractivity contribution in [3.8, 4) is 5.75 Å². The second-order valence-corrected chi connectivity index (χ2v) is 8.82. The Morgan fingerprint density at radius 3 is 2.77 bits per heavy atom. The molecule has 1 aliphatic rings. The van der Waals surface area contributed by atoms with Crippen LogP contribution in [0.25, 0.3) is 0 Å². The molecule has 1 aromatic rings. The molecule has 0 saturated carbocycles. The normalized spacial score (nSPS) is 18.2. The number of nitrogens with one attached hydrogen (secondary N) is 3. The van der Waals surface area contributed by atoms with E-state index in [0.29, 0.717) is 25.7 Å². The smallest absolute Gasteiger partial charge is 0.213 e. The minimum absolute atomic E-state index is 0. The minimum atomic E-state index is -3.40. The van der Waals surface area contributed by atoms with E-state index in [9.17, 15) is 12.8 Å². The molecule has 1 saturated heterocycles. The summed E-state index contributed by atoms with van der Waals surface area (Å²) in [5.41, 5.74) is 0. The third-order valence-electron chi connectivity index (χ3n) is 4.41. The predicted octanol–water partition coefficient (Wildman–Crippen LogP) is 1.86. The highest BCUT2D eigenvalue weighted by Gasteiger charge is 2.17. The molecule has 0 radical (unpaired) electrons. The summed E-state index contributed by atoms with van der Waals surface area (Å²) in [6.45, 7) is 3.37. The molecule has 2 atom stereocenters. The van der Waals surface area contributed by atoms with Crippen LogP contribution in [0.5, 0.6) is 5.75 Å². The molecule has 0 aliphatic carbocycles. The maximum atomic E-state index is 13.6. The minimum Gasteiger partial charge on any atom is -0.486 e. The zero-order valence-corrected chi connectivity index (χ0v) is 20.5. The number of halogens is 2. The fourth-order valence-electron chi connectivity index (χ4n) is 2.82. The number of rotatable bonds is 10. The maximum Gasteiger partial charge on any atom is 0.213 e. The molecule has 1 aromatic carbocycles. The number of hydrogen-bond acceptors (Lipinski definition) is 5. The van der Waals surface area contributed by atoms with Gasteiger partial charge in [0, 0.05) is 26.7 Å². The average Bonchev–Trinajstić information content (AvgIpc) is 2.71. The van der Waals surface area contributed by atoms with E-state index in [0.717, 1.165) is 19.3 Å². The van der Waals surface area contributed by atoms with E-state index in [1.165, 1.54) is 6.07 Å². The fraction of sp³-hybridized carbons (Fsp3) is 0.632. The lowest BCUT2D eigenvalue weighted by Crippen LogP contribution is -2.44. The van der Waals surface area contributed by atoms with E-state index in [1.807, 2.05) is 0 Å². The van der Waals surface area contributed by atoms with Crippen molar-refractivity contribution in [2.45, 2.75) is 38.4 Å². The van der Waals surface area contributed by atoms with Gasteiger partial charge in [0.2, 0.25) is 10.0 Å². The van der Waals surface area contributed by atoms with Gasteiger partial charge in [-0.2, -0.15) is 0 Å². The number of para-hydroxylation sites is 1. The first-order valence-corrected chi connectivity index (χ1v) is 11.5. The van der Waals surface area contributed by atoms with Crippen LogP contribution in [0.2, 0.25) is 0 Å². The standard InChI is InChI=1S/C19H31FN4O4S.HI/c1-15(28-18-9-4-3-8-17(18)20)13-23-19(21-2)22-10-12-29(25,26)24-14-16-7-5-6-11-27-16;/h3-4,8-9,15-16,24H,5-7,10-14H2,1-2H3,(H2,21,22,23);1H. The quantitative estimate of drug-likeness (QED) is 0.230. The van der Waals surface area contributed by atoms with Crippen LogP contribution in [0.1, 0.15) is 26.2 Å². The number of aliphatic imine (C=N–C) groups is 1. The summed E-state index contributed by atoms with van der Waals surface area (Å²) >= 11 is 0. The van der Waals surface area contributed by atoms with Gasteiger partial charge in [-0.1, -0.05) is 12.1 Å². The SMILES string of the molecule is CN=C(NCCS(=O)(=O)NCC1CCCCO1)NCC(C)Oc1ccccc1F.I. The first-order chi connectivity index (χ1) is 13.9. The van der Waals surface area contributed by atoms with Crippen molar-refractivity contribution in [2.75, 3.05) is 39.0 Å². The largest absolute Gasteiger partial charge is 0.486 e. The predicted molar refractivity (Wildman–Crippen MR) is 127 cm³/mol. The van der Waals surface area contributed by atoms with Crippen LogP contribution in [-0.2, 0) is 14.8 Å². The molecular formula is C19H32FIN4O4S. The molecule has 0 bridgehead atoms. The Labute approximate surface area is 195 Å². The van der Waals surface area contributed by atoms with Crippen molar-refractivity contribution in [1.82, 2.24) is 15.4 Å². The molecule has 8 nitrogen and oxygen atoms in total. The van der Waals surface area contributed by atoms with E-state index in [4.69, 9.17) is 9.47 Å². The van der Waals surface area contributed by atoms with Gasteiger partial charge in [0.25, 0.3) is 0 Å². The fourth-order valence-corrected chi connectivity index (χ4v) is 3.78. The van der Waals surface area contributed by atoms with Gasteiger partial charge in [0.15, 0.2) is 17.5 Å². The van der Waals surface area contributed by atoms with E-state index >= 15 is 0 Å². The summed E-state index contributed by atoms with van der Waals surface area (Å²) in [7, 11) is -1.82. The summed E-state index contributed by atoms with van der Waals surface area (Å²) in [6.07, 6.45) is 2.62. The number of guanidine groups is 1.